The second-order valence-corrected chi connectivity index (χ2v) is 10.4. The zero-order valence-corrected chi connectivity index (χ0v) is 21.2. The third kappa shape index (κ3) is 6.42. The number of hydrogen-bond acceptors (Lipinski definition) is 4. The minimum absolute atomic E-state index is 0.0401. The summed E-state index contributed by atoms with van der Waals surface area (Å²) in [6.07, 6.45) is 0.939. The molecule has 0 saturated heterocycles. The first-order valence-corrected chi connectivity index (χ1v) is 12.6. The van der Waals surface area contributed by atoms with Crippen LogP contribution in [0.5, 0.6) is 0 Å². The van der Waals surface area contributed by atoms with Gasteiger partial charge in [0.15, 0.2) is 0 Å². The number of nitrogens with zero attached hydrogens (tertiary/aromatic N) is 2. The monoisotopic (exact) mass is 539 g/mol. The van der Waals surface area contributed by atoms with Gasteiger partial charge in [-0.2, -0.15) is 0 Å². The van der Waals surface area contributed by atoms with E-state index in [0.29, 0.717) is 15.6 Å². The lowest BCUT2D eigenvalue weighted by Gasteiger charge is -2.31. The smallest absolute Gasteiger partial charge is 0.244 e. The molecule has 1 N–H and O–H groups in total. The minimum atomic E-state index is -3.94. The number of halogens is 4. The summed E-state index contributed by atoms with van der Waals surface area (Å²) in [4.78, 5) is 26.9. The molecule has 0 aliphatic rings. The number of sulfonamides is 1. The highest BCUT2D eigenvalue weighted by atomic mass is 35.5. The molecule has 0 aromatic heterocycles. The standard InChI is InChI=1S/C20H21Cl4N3O4S/c1-12(20(29)25-2)26(10-14-15(22)5-4-6-16(14)23)19(28)11-27(32(3,30)31)18-9-13(21)7-8-17(18)24/h4-9,12H,10-11H2,1-3H3,(H,25,29)/t12-/m1/s1. The van der Waals surface area contributed by atoms with Crippen LogP contribution in [0.4, 0.5) is 5.69 Å². The van der Waals surface area contributed by atoms with Crippen LogP contribution in [0.1, 0.15) is 12.5 Å². The first-order valence-electron chi connectivity index (χ1n) is 9.23. The van der Waals surface area contributed by atoms with Gasteiger partial charge in [-0.15, -0.1) is 0 Å². The summed E-state index contributed by atoms with van der Waals surface area (Å²) in [7, 11) is -2.51. The summed E-state index contributed by atoms with van der Waals surface area (Å²) in [5, 5.41) is 3.41. The van der Waals surface area contributed by atoms with Gasteiger partial charge in [0.05, 0.1) is 17.0 Å². The highest BCUT2D eigenvalue weighted by Gasteiger charge is 2.31. The SMILES string of the molecule is CNC(=O)[C@@H](C)N(Cc1c(Cl)cccc1Cl)C(=O)CN(c1cc(Cl)ccc1Cl)S(C)(=O)=O. The molecule has 7 nitrogen and oxygen atoms in total. The van der Waals surface area contributed by atoms with E-state index in [9.17, 15) is 18.0 Å². The zero-order valence-electron chi connectivity index (χ0n) is 17.4. The number of anilines is 1. The average Bonchev–Trinajstić information content (AvgIpc) is 2.71. The number of nitrogens with one attached hydrogen (secondary N) is 1. The van der Waals surface area contributed by atoms with Crippen molar-refractivity contribution < 1.29 is 18.0 Å². The maximum atomic E-state index is 13.3. The van der Waals surface area contributed by atoms with Crippen molar-refractivity contribution in [3.63, 3.8) is 0 Å². The molecule has 0 radical (unpaired) electrons. The van der Waals surface area contributed by atoms with E-state index in [1.54, 1.807) is 18.2 Å². The van der Waals surface area contributed by atoms with E-state index in [0.717, 1.165) is 10.6 Å². The van der Waals surface area contributed by atoms with E-state index in [4.69, 9.17) is 46.4 Å². The summed E-state index contributed by atoms with van der Waals surface area (Å²) in [6, 6.07) is 8.17. The molecule has 2 aromatic rings. The number of carbonyl (C=O) groups is 2. The van der Waals surface area contributed by atoms with Gasteiger partial charge in [-0.3, -0.25) is 13.9 Å². The van der Waals surface area contributed by atoms with E-state index >= 15 is 0 Å². The molecule has 32 heavy (non-hydrogen) atoms. The third-order valence-electron chi connectivity index (χ3n) is 4.66. The fourth-order valence-electron chi connectivity index (χ4n) is 2.92. The van der Waals surface area contributed by atoms with Crippen LogP contribution in [-0.4, -0.2) is 51.0 Å². The van der Waals surface area contributed by atoms with E-state index in [2.05, 4.69) is 5.32 Å². The van der Waals surface area contributed by atoms with Crippen LogP contribution in [0.15, 0.2) is 36.4 Å². The van der Waals surface area contributed by atoms with Gasteiger partial charge in [-0.1, -0.05) is 52.5 Å². The molecule has 2 amide bonds. The van der Waals surface area contributed by atoms with Crippen molar-refractivity contribution in [3.05, 3.63) is 62.1 Å². The predicted octanol–water partition coefficient (Wildman–Crippen LogP) is 4.23. The van der Waals surface area contributed by atoms with Crippen LogP contribution in [0.3, 0.4) is 0 Å². The Morgan fingerprint density at radius 1 is 1.03 bits per heavy atom. The number of rotatable bonds is 8. The average molecular weight is 541 g/mol. The number of carbonyl (C=O) groups excluding carboxylic acids is 2. The quantitative estimate of drug-likeness (QED) is 0.542. The Kier molecular flexibility index (Phi) is 9.07. The van der Waals surface area contributed by atoms with Crippen LogP contribution in [0.2, 0.25) is 20.1 Å². The number of hydrogen-bond donors (Lipinski definition) is 1. The molecule has 174 valence electrons. The molecule has 0 unspecified atom stereocenters. The van der Waals surface area contributed by atoms with Gasteiger partial charge in [-0.25, -0.2) is 8.42 Å². The van der Waals surface area contributed by atoms with E-state index in [1.807, 2.05) is 0 Å². The second kappa shape index (κ2) is 10.9. The Labute approximate surface area is 207 Å². The molecular weight excluding hydrogens is 520 g/mol. The molecule has 0 aliphatic carbocycles. The molecule has 0 aliphatic heterocycles. The van der Waals surface area contributed by atoms with Crippen molar-refractivity contribution in [1.82, 2.24) is 10.2 Å². The van der Waals surface area contributed by atoms with E-state index < -0.39 is 34.4 Å². The fraction of sp³-hybridized carbons (Fsp3) is 0.300. The summed E-state index contributed by atoms with van der Waals surface area (Å²) in [5.41, 5.74) is 0.463. The molecule has 1 atom stereocenters. The van der Waals surface area contributed by atoms with Gasteiger partial charge in [0.25, 0.3) is 0 Å². The molecule has 12 heteroatoms. The molecule has 2 aromatic carbocycles. The maximum Gasteiger partial charge on any atom is 0.244 e. The van der Waals surface area contributed by atoms with Crippen molar-refractivity contribution in [2.45, 2.75) is 19.5 Å². The highest BCUT2D eigenvalue weighted by molar-refractivity contribution is 7.92. The lowest BCUT2D eigenvalue weighted by molar-refractivity contribution is -0.139. The van der Waals surface area contributed by atoms with Gasteiger partial charge >= 0.3 is 0 Å². The van der Waals surface area contributed by atoms with Gasteiger partial charge in [0, 0.05) is 34.2 Å². The summed E-state index contributed by atoms with van der Waals surface area (Å²) in [6.45, 7) is 0.772. The van der Waals surface area contributed by atoms with Crippen LogP contribution in [-0.2, 0) is 26.2 Å². The number of benzene rings is 2. The van der Waals surface area contributed by atoms with Crippen molar-refractivity contribution in [2.75, 3.05) is 24.2 Å². The van der Waals surface area contributed by atoms with Crippen molar-refractivity contribution in [1.29, 1.82) is 0 Å². The molecular formula is C20H21Cl4N3O4S. The van der Waals surface area contributed by atoms with Crippen molar-refractivity contribution in [2.24, 2.45) is 0 Å². The van der Waals surface area contributed by atoms with E-state index in [-0.39, 0.29) is 22.3 Å². The highest BCUT2D eigenvalue weighted by Crippen LogP contribution is 2.31. The summed E-state index contributed by atoms with van der Waals surface area (Å²) >= 11 is 24.7. The largest absolute Gasteiger partial charge is 0.357 e. The van der Waals surface area contributed by atoms with Crippen LogP contribution >= 0.6 is 46.4 Å². The van der Waals surface area contributed by atoms with E-state index in [1.165, 1.54) is 37.1 Å². The first-order chi connectivity index (χ1) is 14.9. The molecule has 0 bridgehead atoms. The van der Waals surface area contributed by atoms with Gasteiger partial charge in [-0.05, 0) is 37.3 Å². The lowest BCUT2D eigenvalue weighted by Crippen LogP contribution is -2.50. The lowest BCUT2D eigenvalue weighted by atomic mass is 10.1. The second-order valence-electron chi connectivity index (χ2n) is 6.88. The number of likely N-dealkylation sites (N-methyl/N-ethyl adjacent to an activating group) is 1. The Bertz CT molecular complexity index is 1110. The number of amides is 2. The normalized spacial score (nSPS) is 12.2. The molecule has 0 heterocycles. The zero-order chi connectivity index (χ0) is 24.2. The predicted molar refractivity (Wildman–Crippen MR) is 129 cm³/mol. The van der Waals surface area contributed by atoms with Crippen LogP contribution in [0.25, 0.3) is 0 Å². The van der Waals surface area contributed by atoms with Crippen molar-refractivity contribution >= 4 is 73.9 Å². The van der Waals surface area contributed by atoms with Gasteiger partial charge < -0.3 is 10.2 Å². The molecule has 0 fully saturated rings. The maximum absolute atomic E-state index is 13.3. The summed E-state index contributed by atoms with van der Waals surface area (Å²) < 4.78 is 25.9. The first kappa shape index (κ1) is 26.5. The fourth-order valence-corrected chi connectivity index (χ4v) is 4.72. The Morgan fingerprint density at radius 3 is 2.16 bits per heavy atom. The third-order valence-corrected chi connectivity index (χ3v) is 7.05. The Morgan fingerprint density at radius 2 is 1.62 bits per heavy atom. The molecule has 0 saturated carbocycles. The summed E-state index contributed by atoms with van der Waals surface area (Å²) in [5.74, 6) is -1.12. The Hall–Kier alpha value is -1.71. The topological polar surface area (TPSA) is 86.8 Å². The van der Waals surface area contributed by atoms with Crippen molar-refractivity contribution in [3.8, 4) is 0 Å². The van der Waals surface area contributed by atoms with Crippen LogP contribution < -0.4 is 9.62 Å². The molecule has 2 rings (SSSR count). The van der Waals surface area contributed by atoms with Gasteiger partial charge in [0.2, 0.25) is 21.8 Å². The molecule has 0 spiro atoms. The Balaban J connectivity index is 2.49. The van der Waals surface area contributed by atoms with Gasteiger partial charge in [0.1, 0.15) is 12.6 Å². The van der Waals surface area contributed by atoms with Crippen LogP contribution in [0, 0.1) is 0 Å². The minimum Gasteiger partial charge on any atom is -0.357 e.